The normalized spacial score (nSPS) is 11.5. The molecule has 2 aromatic rings. The fourth-order valence-corrected chi connectivity index (χ4v) is 2.23. The van der Waals surface area contributed by atoms with Gasteiger partial charge in [0, 0.05) is 4.47 Å². The summed E-state index contributed by atoms with van der Waals surface area (Å²) >= 11 is 3.51. The molecule has 0 saturated carbocycles. The molecule has 0 aliphatic heterocycles. The summed E-state index contributed by atoms with van der Waals surface area (Å²) in [7, 11) is 0. The maximum Gasteiger partial charge on any atom is 0.0181 e. The maximum absolute atomic E-state index is 3.51. The highest BCUT2D eigenvalue weighted by Crippen LogP contribution is 2.27. The third-order valence-electron chi connectivity index (χ3n) is 2.91. The Morgan fingerprint density at radius 1 is 0.824 bits per heavy atom. The summed E-state index contributed by atoms with van der Waals surface area (Å²) in [6, 6.07) is 17.2. The number of halogens is 1. The molecule has 0 N–H and O–H groups in total. The molecule has 2 aromatic carbocycles. The molecular formula is C16H17Br. The second-order valence-electron chi connectivity index (χ2n) is 5.34. The van der Waals surface area contributed by atoms with E-state index in [0.29, 0.717) is 0 Å². The first-order valence-electron chi connectivity index (χ1n) is 5.83. The van der Waals surface area contributed by atoms with Gasteiger partial charge in [0.05, 0.1) is 0 Å². The molecule has 0 unspecified atom stereocenters. The van der Waals surface area contributed by atoms with E-state index in [1.807, 2.05) is 6.07 Å². The molecule has 1 heteroatoms. The Hall–Kier alpha value is -1.08. The molecular weight excluding hydrogens is 272 g/mol. The molecule has 0 spiro atoms. The van der Waals surface area contributed by atoms with Crippen molar-refractivity contribution < 1.29 is 0 Å². The van der Waals surface area contributed by atoms with Gasteiger partial charge < -0.3 is 0 Å². The summed E-state index contributed by atoms with van der Waals surface area (Å²) in [6.07, 6.45) is 0. The Kier molecular flexibility index (Phi) is 3.39. The number of benzene rings is 2. The van der Waals surface area contributed by atoms with E-state index in [9.17, 15) is 0 Å². The molecule has 0 aliphatic carbocycles. The van der Waals surface area contributed by atoms with Gasteiger partial charge in [-0.3, -0.25) is 0 Å². The fourth-order valence-electron chi connectivity index (χ4n) is 1.83. The molecule has 0 heterocycles. The fraction of sp³-hybridized carbons (Fsp3) is 0.250. The first-order valence-corrected chi connectivity index (χ1v) is 6.62. The average molecular weight is 289 g/mol. The van der Waals surface area contributed by atoms with Crippen molar-refractivity contribution in [1.29, 1.82) is 0 Å². The van der Waals surface area contributed by atoms with Gasteiger partial charge in [-0.25, -0.2) is 0 Å². The van der Waals surface area contributed by atoms with Crippen LogP contribution >= 0.6 is 15.9 Å². The molecule has 0 nitrogen and oxygen atoms in total. The lowest BCUT2D eigenvalue weighted by Gasteiger charge is -2.19. The van der Waals surface area contributed by atoms with Crippen molar-refractivity contribution in [2.24, 2.45) is 0 Å². The van der Waals surface area contributed by atoms with Gasteiger partial charge >= 0.3 is 0 Å². The predicted octanol–water partition coefficient (Wildman–Crippen LogP) is 5.41. The molecule has 0 saturated heterocycles. The van der Waals surface area contributed by atoms with Crippen molar-refractivity contribution in [2.75, 3.05) is 0 Å². The van der Waals surface area contributed by atoms with Crippen LogP contribution in [-0.2, 0) is 5.41 Å². The summed E-state index contributed by atoms with van der Waals surface area (Å²) < 4.78 is 1.12. The lowest BCUT2D eigenvalue weighted by atomic mass is 9.86. The molecule has 0 aromatic heterocycles. The van der Waals surface area contributed by atoms with Gasteiger partial charge in [0.25, 0.3) is 0 Å². The van der Waals surface area contributed by atoms with Crippen molar-refractivity contribution in [2.45, 2.75) is 26.2 Å². The summed E-state index contributed by atoms with van der Waals surface area (Å²) in [6.45, 7) is 6.71. The zero-order chi connectivity index (χ0) is 12.5. The number of hydrogen-bond acceptors (Lipinski definition) is 0. The summed E-state index contributed by atoms with van der Waals surface area (Å²) in [5, 5.41) is 0. The molecule has 0 aliphatic rings. The van der Waals surface area contributed by atoms with E-state index in [0.717, 1.165) is 4.47 Å². The van der Waals surface area contributed by atoms with Crippen molar-refractivity contribution in [3.8, 4) is 11.1 Å². The number of hydrogen-bond donors (Lipinski definition) is 0. The molecule has 0 radical (unpaired) electrons. The van der Waals surface area contributed by atoms with Gasteiger partial charge in [0.15, 0.2) is 0 Å². The largest absolute Gasteiger partial charge is 0.0605 e. The highest BCUT2D eigenvalue weighted by Gasteiger charge is 2.12. The van der Waals surface area contributed by atoms with Gasteiger partial charge in [0.2, 0.25) is 0 Å². The molecule has 0 fully saturated rings. The first kappa shape index (κ1) is 12.4. The van der Waals surface area contributed by atoms with Crippen molar-refractivity contribution >= 4 is 15.9 Å². The van der Waals surface area contributed by atoms with E-state index in [2.05, 4.69) is 79.2 Å². The van der Waals surface area contributed by atoms with E-state index >= 15 is 0 Å². The summed E-state index contributed by atoms with van der Waals surface area (Å²) in [4.78, 5) is 0. The minimum absolute atomic E-state index is 0.218. The molecule has 2 rings (SSSR count). The zero-order valence-electron chi connectivity index (χ0n) is 10.5. The van der Waals surface area contributed by atoms with Gasteiger partial charge in [0.1, 0.15) is 0 Å². The topological polar surface area (TPSA) is 0 Å². The SMILES string of the molecule is CC(C)(C)c1ccc(-c2cccc(Br)c2)cc1. The minimum Gasteiger partial charge on any atom is -0.0605 e. The van der Waals surface area contributed by atoms with Crippen LogP contribution in [0.25, 0.3) is 11.1 Å². The zero-order valence-corrected chi connectivity index (χ0v) is 12.1. The van der Waals surface area contributed by atoms with E-state index < -0.39 is 0 Å². The van der Waals surface area contributed by atoms with Crippen molar-refractivity contribution in [1.82, 2.24) is 0 Å². The quantitative estimate of drug-likeness (QED) is 0.658. The van der Waals surface area contributed by atoms with Crippen LogP contribution in [0, 0.1) is 0 Å². The monoisotopic (exact) mass is 288 g/mol. The minimum atomic E-state index is 0.218. The van der Waals surface area contributed by atoms with Crippen LogP contribution < -0.4 is 0 Å². The predicted molar refractivity (Wildman–Crippen MR) is 78.3 cm³/mol. The van der Waals surface area contributed by atoms with E-state index in [4.69, 9.17) is 0 Å². The first-order chi connectivity index (χ1) is 7.97. The Morgan fingerprint density at radius 2 is 1.47 bits per heavy atom. The van der Waals surface area contributed by atoms with E-state index in [-0.39, 0.29) is 5.41 Å². The molecule has 0 bridgehead atoms. The molecule has 17 heavy (non-hydrogen) atoms. The Labute approximate surface area is 112 Å². The van der Waals surface area contributed by atoms with Crippen LogP contribution in [-0.4, -0.2) is 0 Å². The smallest absolute Gasteiger partial charge is 0.0181 e. The van der Waals surface area contributed by atoms with Crippen molar-refractivity contribution in [3.63, 3.8) is 0 Å². The van der Waals surface area contributed by atoms with Gasteiger partial charge in [-0.1, -0.05) is 73.1 Å². The van der Waals surface area contributed by atoms with E-state index in [1.54, 1.807) is 0 Å². The van der Waals surface area contributed by atoms with Crippen molar-refractivity contribution in [3.05, 3.63) is 58.6 Å². The van der Waals surface area contributed by atoms with E-state index in [1.165, 1.54) is 16.7 Å². The maximum atomic E-state index is 3.51. The lowest BCUT2D eigenvalue weighted by molar-refractivity contribution is 0.590. The molecule has 0 atom stereocenters. The van der Waals surface area contributed by atoms with Crippen LogP contribution in [0.4, 0.5) is 0 Å². The number of rotatable bonds is 1. The van der Waals surface area contributed by atoms with Crippen LogP contribution in [0.5, 0.6) is 0 Å². The Bertz CT molecular complexity index is 504. The van der Waals surface area contributed by atoms with Gasteiger partial charge in [-0.2, -0.15) is 0 Å². The summed E-state index contributed by atoms with van der Waals surface area (Å²) in [5.41, 5.74) is 4.10. The van der Waals surface area contributed by atoms with Gasteiger partial charge in [-0.15, -0.1) is 0 Å². The standard InChI is InChI=1S/C16H17Br/c1-16(2,3)14-9-7-12(8-10-14)13-5-4-6-15(17)11-13/h4-11H,1-3H3. The third-order valence-corrected chi connectivity index (χ3v) is 3.40. The average Bonchev–Trinajstić information content (AvgIpc) is 2.28. The third kappa shape index (κ3) is 2.98. The van der Waals surface area contributed by atoms with Crippen LogP contribution in [0.15, 0.2) is 53.0 Å². The second kappa shape index (κ2) is 4.66. The second-order valence-corrected chi connectivity index (χ2v) is 6.25. The lowest BCUT2D eigenvalue weighted by Crippen LogP contribution is -2.10. The highest BCUT2D eigenvalue weighted by atomic mass is 79.9. The molecule has 88 valence electrons. The van der Waals surface area contributed by atoms with Crippen LogP contribution in [0.1, 0.15) is 26.3 Å². The van der Waals surface area contributed by atoms with Gasteiger partial charge in [-0.05, 0) is 34.2 Å². The Balaban J connectivity index is 2.36. The summed E-state index contributed by atoms with van der Waals surface area (Å²) in [5.74, 6) is 0. The van der Waals surface area contributed by atoms with Crippen LogP contribution in [0.2, 0.25) is 0 Å². The molecule has 0 amide bonds. The van der Waals surface area contributed by atoms with Crippen LogP contribution in [0.3, 0.4) is 0 Å². The Morgan fingerprint density at radius 3 is 2.00 bits per heavy atom. The highest BCUT2D eigenvalue weighted by molar-refractivity contribution is 9.10.